The summed E-state index contributed by atoms with van der Waals surface area (Å²) >= 11 is 5.25. The predicted molar refractivity (Wildman–Crippen MR) is 99.1 cm³/mol. The normalized spacial score (nSPS) is 13.9. The molecule has 0 spiro atoms. The molecule has 6 nitrogen and oxygen atoms in total. The van der Waals surface area contributed by atoms with Gasteiger partial charge in [-0.1, -0.05) is 6.42 Å². The molecule has 0 aliphatic carbocycles. The van der Waals surface area contributed by atoms with Crippen LogP contribution in [0, 0.1) is 0 Å². The fraction of sp³-hybridized carbons (Fsp3) is 0.471. The number of aryl methyl sites for hydroxylation is 1. The Bertz CT molecular complexity index is 683. The molecule has 128 valence electrons. The summed E-state index contributed by atoms with van der Waals surface area (Å²) in [5.41, 5.74) is 2.03. The van der Waals surface area contributed by atoms with E-state index >= 15 is 0 Å². The van der Waals surface area contributed by atoms with Crippen LogP contribution in [0.2, 0.25) is 0 Å². The van der Waals surface area contributed by atoms with Crippen molar-refractivity contribution in [3.05, 3.63) is 30.1 Å². The van der Waals surface area contributed by atoms with E-state index in [-0.39, 0.29) is 0 Å². The Balaban J connectivity index is 1.67. The van der Waals surface area contributed by atoms with Gasteiger partial charge in [-0.05, 0) is 49.3 Å². The number of ether oxygens (including phenoxy) is 1. The van der Waals surface area contributed by atoms with Crippen LogP contribution in [-0.4, -0.2) is 40.1 Å². The van der Waals surface area contributed by atoms with Crippen LogP contribution in [0.4, 0.5) is 5.69 Å². The van der Waals surface area contributed by atoms with Crippen LogP contribution in [0.5, 0.6) is 0 Å². The summed E-state index contributed by atoms with van der Waals surface area (Å²) < 4.78 is 7.25. The molecule has 1 aliphatic heterocycles. The van der Waals surface area contributed by atoms with E-state index in [0.29, 0.717) is 18.3 Å². The van der Waals surface area contributed by atoms with Crippen molar-refractivity contribution in [1.82, 2.24) is 20.1 Å². The van der Waals surface area contributed by atoms with Crippen LogP contribution in [0.1, 0.15) is 25.1 Å². The number of thiocarbonyl (C=S) groups is 1. The standard InChI is InChI=1S/C17H23N5OS/c1-23-12-10-18-17(24)19-14-8-6-13(7-9-14)16-21-20-15-5-3-2-4-11-22(15)16/h6-9H,2-5,10-12H2,1H3,(H2,18,19,24). The van der Waals surface area contributed by atoms with Crippen molar-refractivity contribution >= 4 is 23.0 Å². The lowest BCUT2D eigenvalue weighted by Crippen LogP contribution is -2.31. The predicted octanol–water partition coefficient (Wildman–Crippen LogP) is 2.60. The second-order valence-electron chi connectivity index (χ2n) is 5.85. The van der Waals surface area contributed by atoms with Crippen LogP contribution in [0.25, 0.3) is 11.4 Å². The van der Waals surface area contributed by atoms with E-state index in [4.69, 9.17) is 17.0 Å². The molecule has 1 aromatic carbocycles. The first-order chi connectivity index (χ1) is 11.8. The Morgan fingerprint density at radius 2 is 2.04 bits per heavy atom. The Hall–Kier alpha value is -1.99. The quantitative estimate of drug-likeness (QED) is 0.641. The van der Waals surface area contributed by atoms with Crippen LogP contribution in [-0.2, 0) is 17.7 Å². The van der Waals surface area contributed by atoms with Crippen molar-refractivity contribution in [2.45, 2.75) is 32.2 Å². The summed E-state index contributed by atoms with van der Waals surface area (Å²) in [4.78, 5) is 0. The molecule has 0 unspecified atom stereocenters. The monoisotopic (exact) mass is 345 g/mol. The Kier molecular flexibility index (Phi) is 5.77. The molecule has 2 heterocycles. The lowest BCUT2D eigenvalue weighted by atomic mass is 10.2. The number of hydrogen-bond acceptors (Lipinski definition) is 4. The van der Waals surface area contributed by atoms with Crippen LogP contribution in [0.15, 0.2) is 24.3 Å². The minimum absolute atomic E-state index is 0.594. The first kappa shape index (κ1) is 16.9. The zero-order chi connectivity index (χ0) is 16.8. The summed E-state index contributed by atoms with van der Waals surface area (Å²) in [5.74, 6) is 2.06. The minimum Gasteiger partial charge on any atom is -0.383 e. The first-order valence-corrected chi connectivity index (χ1v) is 8.75. The van der Waals surface area contributed by atoms with E-state index in [1.165, 1.54) is 19.3 Å². The molecule has 2 N–H and O–H groups in total. The molecular weight excluding hydrogens is 322 g/mol. The van der Waals surface area contributed by atoms with E-state index < -0.39 is 0 Å². The lowest BCUT2D eigenvalue weighted by Gasteiger charge is -2.11. The van der Waals surface area contributed by atoms with Gasteiger partial charge in [0.15, 0.2) is 10.9 Å². The van der Waals surface area contributed by atoms with Crippen LogP contribution >= 0.6 is 12.2 Å². The van der Waals surface area contributed by atoms with Gasteiger partial charge in [0.2, 0.25) is 0 Å². The summed E-state index contributed by atoms with van der Waals surface area (Å²) in [7, 11) is 1.67. The maximum atomic E-state index is 5.25. The molecule has 2 aromatic rings. The number of hydrogen-bond donors (Lipinski definition) is 2. The minimum atomic E-state index is 0.594. The molecule has 0 radical (unpaired) electrons. The highest BCUT2D eigenvalue weighted by Gasteiger charge is 2.15. The van der Waals surface area contributed by atoms with Crippen molar-refractivity contribution in [3.8, 4) is 11.4 Å². The van der Waals surface area contributed by atoms with Crippen molar-refractivity contribution in [2.75, 3.05) is 25.6 Å². The highest BCUT2D eigenvalue weighted by molar-refractivity contribution is 7.80. The fourth-order valence-corrected chi connectivity index (χ4v) is 3.06. The highest BCUT2D eigenvalue weighted by Crippen LogP contribution is 2.23. The van der Waals surface area contributed by atoms with Gasteiger partial charge in [0.05, 0.1) is 6.61 Å². The van der Waals surface area contributed by atoms with Crippen LogP contribution in [0.3, 0.4) is 0 Å². The molecule has 0 amide bonds. The van der Waals surface area contributed by atoms with Gasteiger partial charge < -0.3 is 19.9 Å². The number of aromatic nitrogens is 3. The van der Waals surface area contributed by atoms with E-state index in [0.717, 1.165) is 35.9 Å². The number of methoxy groups -OCH3 is 1. The molecule has 1 aliphatic rings. The maximum absolute atomic E-state index is 5.25. The third-order valence-electron chi connectivity index (χ3n) is 4.10. The SMILES string of the molecule is COCCNC(=S)Nc1ccc(-c2nnc3n2CCCCC3)cc1. The van der Waals surface area contributed by atoms with Gasteiger partial charge in [-0.25, -0.2) is 0 Å². The summed E-state index contributed by atoms with van der Waals surface area (Å²) in [6.07, 6.45) is 4.68. The average molecular weight is 345 g/mol. The van der Waals surface area contributed by atoms with Gasteiger partial charge in [0, 0.05) is 37.9 Å². The summed E-state index contributed by atoms with van der Waals surface area (Å²) in [6, 6.07) is 8.14. The molecule has 3 rings (SSSR count). The highest BCUT2D eigenvalue weighted by atomic mass is 32.1. The fourth-order valence-electron chi connectivity index (χ4n) is 2.84. The van der Waals surface area contributed by atoms with Gasteiger partial charge in [-0.15, -0.1) is 10.2 Å². The number of fused-ring (bicyclic) bond motifs is 1. The smallest absolute Gasteiger partial charge is 0.170 e. The first-order valence-electron chi connectivity index (χ1n) is 8.34. The number of rotatable bonds is 5. The van der Waals surface area contributed by atoms with Crippen LogP contribution < -0.4 is 10.6 Å². The van der Waals surface area contributed by atoms with Gasteiger partial charge in [0.25, 0.3) is 0 Å². The van der Waals surface area contributed by atoms with Gasteiger partial charge in [0.1, 0.15) is 5.82 Å². The van der Waals surface area contributed by atoms with Gasteiger partial charge in [-0.2, -0.15) is 0 Å². The molecule has 0 fully saturated rings. The van der Waals surface area contributed by atoms with Gasteiger partial charge >= 0.3 is 0 Å². The number of anilines is 1. The average Bonchev–Trinajstić information content (AvgIpc) is 2.84. The largest absolute Gasteiger partial charge is 0.383 e. The van der Waals surface area contributed by atoms with Crippen molar-refractivity contribution in [3.63, 3.8) is 0 Å². The second-order valence-corrected chi connectivity index (χ2v) is 6.26. The maximum Gasteiger partial charge on any atom is 0.170 e. The second kappa shape index (κ2) is 8.21. The molecular formula is C17H23N5OS. The number of nitrogens with one attached hydrogen (secondary N) is 2. The Morgan fingerprint density at radius 1 is 1.21 bits per heavy atom. The molecule has 1 aromatic heterocycles. The Morgan fingerprint density at radius 3 is 2.83 bits per heavy atom. The van der Waals surface area contributed by atoms with Crippen molar-refractivity contribution < 1.29 is 4.74 Å². The molecule has 24 heavy (non-hydrogen) atoms. The zero-order valence-electron chi connectivity index (χ0n) is 13.9. The summed E-state index contributed by atoms with van der Waals surface area (Å²) in [5, 5.41) is 15.6. The molecule has 7 heteroatoms. The Labute approximate surface area is 147 Å². The summed E-state index contributed by atoms with van der Waals surface area (Å²) in [6.45, 7) is 2.32. The van der Waals surface area contributed by atoms with Gasteiger partial charge in [-0.3, -0.25) is 0 Å². The van der Waals surface area contributed by atoms with E-state index in [9.17, 15) is 0 Å². The third kappa shape index (κ3) is 4.10. The zero-order valence-corrected chi connectivity index (χ0v) is 14.7. The lowest BCUT2D eigenvalue weighted by molar-refractivity contribution is 0.204. The third-order valence-corrected chi connectivity index (χ3v) is 4.35. The molecule has 0 saturated heterocycles. The van der Waals surface area contributed by atoms with E-state index in [2.05, 4.69) is 37.5 Å². The van der Waals surface area contributed by atoms with E-state index in [1.807, 2.05) is 12.1 Å². The number of nitrogens with zero attached hydrogens (tertiary/aromatic N) is 3. The molecule has 0 atom stereocenters. The van der Waals surface area contributed by atoms with Crippen molar-refractivity contribution in [2.24, 2.45) is 0 Å². The number of benzene rings is 1. The molecule has 0 saturated carbocycles. The molecule has 0 bridgehead atoms. The topological polar surface area (TPSA) is 64.0 Å². The van der Waals surface area contributed by atoms with Crippen molar-refractivity contribution in [1.29, 1.82) is 0 Å². The van der Waals surface area contributed by atoms with E-state index in [1.54, 1.807) is 7.11 Å².